The first-order valence-electron chi connectivity index (χ1n) is 6.58. The van der Waals surface area contributed by atoms with Crippen molar-refractivity contribution in [1.29, 1.82) is 5.26 Å². The number of hydrogen-bond acceptors (Lipinski definition) is 3. The fourth-order valence-electron chi connectivity index (χ4n) is 1.85. The lowest BCUT2D eigenvalue weighted by molar-refractivity contribution is -0.119. The molecule has 23 heavy (non-hydrogen) atoms. The molecule has 0 saturated heterocycles. The number of nitrogens with zero attached hydrogens (tertiary/aromatic N) is 1. The van der Waals surface area contributed by atoms with Crippen molar-refractivity contribution in [2.75, 3.05) is 6.61 Å². The Kier molecular flexibility index (Phi) is 5.97. The second-order valence-electron chi connectivity index (χ2n) is 4.62. The number of nitrogens with two attached hydrogens (primary N) is 1. The van der Waals surface area contributed by atoms with Crippen molar-refractivity contribution >= 4 is 49.4 Å². The molecule has 116 valence electrons. The van der Waals surface area contributed by atoms with E-state index >= 15 is 0 Å². The number of primary amides is 1. The number of ether oxygens (including phenoxy) is 1. The maximum Gasteiger partial charge on any atom is 0.255 e. The van der Waals surface area contributed by atoms with Gasteiger partial charge in [0, 0.05) is 4.47 Å². The fourth-order valence-corrected chi connectivity index (χ4v) is 2.62. The highest BCUT2D eigenvalue weighted by molar-refractivity contribution is 9.10. The molecule has 4 nitrogen and oxygen atoms in total. The highest BCUT2D eigenvalue weighted by Gasteiger charge is 2.06. The molecular formula is C17H12Br2N2O2. The van der Waals surface area contributed by atoms with Crippen LogP contribution in [0.2, 0.25) is 0 Å². The Balaban J connectivity index is 2.27. The predicted octanol–water partition coefficient (Wildman–Crippen LogP) is 4.14. The summed E-state index contributed by atoms with van der Waals surface area (Å²) < 4.78 is 6.91. The van der Waals surface area contributed by atoms with Crippen molar-refractivity contribution in [1.82, 2.24) is 0 Å². The largest absolute Gasteiger partial charge is 0.483 e. The Morgan fingerprint density at radius 3 is 2.48 bits per heavy atom. The summed E-state index contributed by atoms with van der Waals surface area (Å²) in [5, 5.41) is 9.36. The second-order valence-corrected chi connectivity index (χ2v) is 6.39. The van der Waals surface area contributed by atoms with Gasteiger partial charge in [0.2, 0.25) is 0 Å². The molecule has 0 atom stereocenters. The van der Waals surface area contributed by atoms with Gasteiger partial charge in [-0.05, 0) is 57.4 Å². The third-order valence-corrected chi connectivity index (χ3v) is 4.06. The number of hydrogen-bond donors (Lipinski definition) is 1. The smallest absolute Gasteiger partial charge is 0.255 e. The molecule has 0 saturated carbocycles. The van der Waals surface area contributed by atoms with Gasteiger partial charge in [-0.15, -0.1) is 0 Å². The van der Waals surface area contributed by atoms with Crippen LogP contribution in [0.3, 0.4) is 0 Å². The molecule has 0 fully saturated rings. The van der Waals surface area contributed by atoms with Crippen LogP contribution in [0.1, 0.15) is 11.1 Å². The van der Waals surface area contributed by atoms with Gasteiger partial charge in [-0.3, -0.25) is 4.79 Å². The molecule has 0 unspecified atom stereocenters. The molecule has 0 heterocycles. The minimum atomic E-state index is -0.539. The second kappa shape index (κ2) is 7.95. The van der Waals surface area contributed by atoms with E-state index in [1.165, 1.54) is 0 Å². The normalized spacial score (nSPS) is 10.9. The number of halogens is 2. The summed E-state index contributed by atoms with van der Waals surface area (Å²) in [5.74, 6) is -0.0222. The molecule has 6 heteroatoms. The van der Waals surface area contributed by atoms with Crippen molar-refractivity contribution < 1.29 is 9.53 Å². The molecule has 0 aromatic heterocycles. The van der Waals surface area contributed by atoms with E-state index in [4.69, 9.17) is 10.5 Å². The van der Waals surface area contributed by atoms with Gasteiger partial charge in [-0.1, -0.05) is 34.1 Å². The minimum absolute atomic E-state index is 0.184. The summed E-state index contributed by atoms with van der Waals surface area (Å²) in [6.45, 7) is -0.184. The number of amides is 1. The molecular weight excluding hydrogens is 424 g/mol. The van der Waals surface area contributed by atoms with E-state index in [-0.39, 0.29) is 6.61 Å². The summed E-state index contributed by atoms with van der Waals surface area (Å²) >= 11 is 6.75. The van der Waals surface area contributed by atoms with Gasteiger partial charge in [0.1, 0.15) is 5.75 Å². The number of rotatable bonds is 5. The van der Waals surface area contributed by atoms with Crippen molar-refractivity contribution in [2.24, 2.45) is 5.73 Å². The van der Waals surface area contributed by atoms with Crippen LogP contribution < -0.4 is 10.5 Å². The lowest BCUT2D eigenvalue weighted by Crippen LogP contribution is -2.20. The quantitative estimate of drug-likeness (QED) is 0.566. The Morgan fingerprint density at radius 2 is 1.91 bits per heavy atom. The van der Waals surface area contributed by atoms with Crippen molar-refractivity contribution in [3.63, 3.8) is 0 Å². The number of benzene rings is 2. The monoisotopic (exact) mass is 434 g/mol. The molecule has 2 rings (SSSR count). The number of carbonyl (C=O) groups is 1. The van der Waals surface area contributed by atoms with E-state index in [9.17, 15) is 10.1 Å². The lowest BCUT2D eigenvalue weighted by Gasteiger charge is -2.07. The summed E-state index contributed by atoms with van der Waals surface area (Å²) in [4.78, 5) is 10.7. The number of carbonyl (C=O) groups excluding carboxylic acids is 1. The summed E-state index contributed by atoms with van der Waals surface area (Å²) in [6.07, 6.45) is 1.78. The predicted molar refractivity (Wildman–Crippen MR) is 96.5 cm³/mol. The zero-order chi connectivity index (χ0) is 16.8. The van der Waals surface area contributed by atoms with Crippen LogP contribution in [-0.4, -0.2) is 12.5 Å². The van der Waals surface area contributed by atoms with Gasteiger partial charge in [-0.2, -0.15) is 5.26 Å². The van der Waals surface area contributed by atoms with E-state index in [1.807, 2.05) is 30.3 Å². The highest BCUT2D eigenvalue weighted by Crippen LogP contribution is 2.28. The van der Waals surface area contributed by atoms with E-state index in [1.54, 1.807) is 18.2 Å². The SMILES string of the molecule is N#C/C(=C\c1ccc(OCC(N)=O)c(Br)c1)c1ccc(Br)cc1. The molecule has 0 aliphatic rings. The first-order chi connectivity index (χ1) is 11.0. The zero-order valence-corrected chi connectivity index (χ0v) is 15.1. The average molecular weight is 436 g/mol. The van der Waals surface area contributed by atoms with E-state index in [0.717, 1.165) is 15.6 Å². The lowest BCUT2D eigenvalue weighted by atomic mass is 10.0. The Hall–Kier alpha value is -2.10. The van der Waals surface area contributed by atoms with Gasteiger partial charge in [-0.25, -0.2) is 0 Å². The average Bonchev–Trinajstić information content (AvgIpc) is 2.52. The van der Waals surface area contributed by atoms with Crippen LogP contribution in [0, 0.1) is 11.3 Å². The van der Waals surface area contributed by atoms with Crippen LogP contribution in [0.25, 0.3) is 11.6 Å². The maximum atomic E-state index is 10.7. The van der Waals surface area contributed by atoms with E-state index < -0.39 is 5.91 Å². The molecule has 0 aliphatic heterocycles. The Bertz CT molecular complexity index is 793. The van der Waals surface area contributed by atoms with Crippen LogP contribution in [-0.2, 0) is 4.79 Å². The first kappa shape index (κ1) is 17.3. The van der Waals surface area contributed by atoms with Crippen LogP contribution >= 0.6 is 31.9 Å². The number of nitriles is 1. The van der Waals surface area contributed by atoms with Gasteiger partial charge >= 0.3 is 0 Å². The third kappa shape index (κ3) is 4.95. The molecule has 2 N–H and O–H groups in total. The summed E-state index contributed by atoms with van der Waals surface area (Å²) in [6, 6.07) is 15.1. The molecule has 0 radical (unpaired) electrons. The first-order valence-corrected chi connectivity index (χ1v) is 8.16. The fraction of sp³-hybridized carbons (Fsp3) is 0.0588. The standard InChI is InChI=1S/C17H12Br2N2O2/c18-14-4-2-12(3-5-14)13(9-20)7-11-1-6-16(15(19)8-11)23-10-17(21)22/h1-8H,10H2,(H2,21,22)/b13-7+. The van der Waals surface area contributed by atoms with Gasteiger partial charge in [0.25, 0.3) is 5.91 Å². The van der Waals surface area contributed by atoms with Crippen LogP contribution in [0.15, 0.2) is 51.4 Å². The van der Waals surface area contributed by atoms with E-state index in [0.29, 0.717) is 15.8 Å². The van der Waals surface area contributed by atoms with Crippen molar-refractivity contribution in [2.45, 2.75) is 0 Å². The maximum absolute atomic E-state index is 10.7. The van der Waals surface area contributed by atoms with Crippen LogP contribution in [0.4, 0.5) is 0 Å². The van der Waals surface area contributed by atoms with Crippen LogP contribution in [0.5, 0.6) is 5.75 Å². The molecule has 2 aromatic rings. The Labute approximate surface area is 150 Å². The van der Waals surface area contributed by atoms with Gasteiger partial charge < -0.3 is 10.5 Å². The van der Waals surface area contributed by atoms with Gasteiger partial charge in [0.15, 0.2) is 6.61 Å². The third-order valence-electron chi connectivity index (χ3n) is 2.91. The summed E-state index contributed by atoms with van der Waals surface area (Å²) in [5.41, 5.74) is 7.27. The van der Waals surface area contributed by atoms with Crippen molar-refractivity contribution in [3.05, 3.63) is 62.5 Å². The topological polar surface area (TPSA) is 76.1 Å². The van der Waals surface area contributed by atoms with Crippen molar-refractivity contribution in [3.8, 4) is 11.8 Å². The minimum Gasteiger partial charge on any atom is -0.483 e. The Morgan fingerprint density at radius 1 is 1.22 bits per heavy atom. The zero-order valence-electron chi connectivity index (χ0n) is 11.9. The molecule has 1 amide bonds. The number of allylic oxidation sites excluding steroid dienone is 1. The molecule has 0 aliphatic carbocycles. The van der Waals surface area contributed by atoms with E-state index in [2.05, 4.69) is 37.9 Å². The molecule has 0 spiro atoms. The highest BCUT2D eigenvalue weighted by atomic mass is 79.9. The molecule has 2 aromatic carbocycles. The van der Waals surface area contributed by atoms with Gasteiger partial charge in [0.05, 0.1) is 16.1 Å². The summed E-state index contributed by atoms with van der Waals surface area (Å²) in [7, 11) is 0. The molecule has 0 bridgehead atoms.